The Morgan fingerprint density at radius 3 is 2.42 bits per heavy atom. The van der Waals surface area contributed by atoms with Crippen LogP contribution in [0.2, 0.25) is 0 Å². The molecule has 3 aromatic rings. The van der Waals surface area contributed by atoms with E-state index in [0.717, 1.165) is 4.68 Å². The van der Waals surface area contributed by atoms with E-state index in [9.17, 15) is 14.1 Å². The number of benzene rings is 2. The van der Waals surface area contributed by atoms with Crippen molar-refractivity contribution < 1.29 is 9.32 Å². The van der Waals surface area contributed by atoms with Crippen molar-refractivity contribution in [3.63, 3.8) is 0 Å². The van der Waals surface area contributed by atoms with Gasteiger partial charge in [0, 0.05) is 11.2 Å². The zero-order chi connectivity index (χ0) is 17.3. The van der Waals surface area contributed by atoms with Crippen LogP contribution in [0.3, 0.4) is 0 Å². The highest BCUT2D eigenvalue weighted by Crippen LogP contribution is 2.16. The van der Waals surface area contributed by atoms with Gasteiger partial charge in [0.05, 0.1) is 20.6 Å². The van der Waals surface area contributed by atoms with Crippen LogP contribution in [0.5, 0.6) is 0 Å². The van der Waals surface area contributed by atoms with E-state index in [0.29, 0.717) is 15.8 Å². The highest BCUT2D eigenvalue weighted by molar-refractivity contribution is 7.93. The van der Waals surface area contributed by atoms with Crippen LogP contribution in [0.1, 0.15) is 18.9 Å². The first-order valence-corrected chi connectivity index (χ1v) is 9.30. The molecule has 0 amide bonds. The molecule has 0 spiro atoms. The Bertz CT molecular complexity index is 1070. The summed E-state index contributed by atoms with van der Waals surface area (Å²) in [5.41, 5.74) is 0.00849. The lowest BCUT2D eigenvalue weighted by molar-refractivity contribution is 0.183. The number of aliphatic hydroxyl groups is 1. The van der Waals surface area contributed by atoms with Crippen LogP contribution in [-0.2, 0) is 9.73 Å². The largest absolute Gasteiger partial charge is 0.385 e. The third kappa shape index (κ3) is 2.95. The van der Waals surface area contributed by atoms with Gasteiger partial charge in [-0.15, -0.1) is 4.47 Å². The number of nitrogens with zero attached hydrogens (tertiary/aromatic N) is 3. The Balaban J connectivity index is 2.35. The molecule has 1 N–H and O–H groups in total. The van der Waals surface area contributed by atoms with Gasteiger partial charge in [-0.05, 0) is 31.2 Å². The summed E-state index contributed by atoms with van der Waals surface area (Å²) in [7, 11) is -2.87. The Labute approximate surface area is 139 Å². The summed E-state index contributed by atoms with van der Waals surface area (Å²) in [6.45, 7) is 1.49. The molecule has 0 aliphatic rings. The minimum absolute atomic E-state index is 0.0595. The van der Waals surface area contributed by atoms with E-state index in [1.165, 1.54) is 13.2 Å². The molecule has 0 saturated heterocycles. The standard InChI is InChI=1S/C17H17N3O3S/c1-12(21)16-18-15-11-7-6-10-14(15)17(22)20(16)19-24(2,23)13-8-4-3-5-9-13/h3-12,21H,1-2H3/t12-,24?/m0/s1. The Morgan fingerprint density at radius 2 is 1.75 bits per heavy atom. The summed E-state index contributed by atoms with van der Waals surface area (Å²) in [5.74, 6) is 0.0595. The molecule has 2 atom stereocenters. The average Bonchev–Trinajstić information content (AvgIpc) is 2.58. The fraction of sp³-hybridized carbons (Fsp3) is 0.176. The molecule has 0 saturated carbocycles. The van der Waals surface area contributed by atoms with Gasteiger partial charge < -0.3 is 5.11 Å². The molecule has 3 rings (SSSR count). The summed E-state index contributed by atoms with van der Waals surface area (Å²) in [5, 5.41) is 10.3. The van der Waals surface area contributed by atoms with E-state index in [-0.39, 0.29) is 5.82 Å². The van der Waals surface area contributed by atoms with Crippen LogP contribution in [0.25, 0.3) is 10.9 Å². The molecular formula is C17H17N3O3S. The summed E-state index contributed by atoms with van der Waals surface area (Å²) >= 11 is 0. The van der Waals surface area contributed by atoms with Gasteiger partial charge in [-0.1, -0.05) is 30.3 Å². The summed E-state index contributed by atoms with van der Waals surface area (Å²) in [6.07, 6.45) is 0.424. The molecule has 1 unspecified atom stereocenters. The van der Waals surface area contributed by atoms with Gasteiger partial charge in [0.2, 0.25) is 0 Å². The second-order valence-electron chi connectivity index (χ2n) is 5.48. The van der Waals surface area contributed by atoms with Gasteiger partial charge in [-0.2, -0.15) is 4.68 Å². The normalized spacial score (nSPS) is 15.0. The highest BCUT2D eigenvalue weighted by atomic mass is 32.2. The molecule has 0 bridgehead atoms. The van der Waals surface area contributed by atoms with Crippen molar-refractivity contribution in [3.8, 4) is 0 Å². The zero-order valence-corrected chi connectivity index (χ0v) is 14.1. The van der Waals surface area contributed by atoms with Crippen molar-refractivity contribution in [3.05, 3.63) is 70.8 Å². The number of fused-ring (bicyclic) bond motifs is 1. The second-order valence-corrected chi connectivity index (χ2v) is 7.72. The van der Waals surface area contributed by atoms with Crippen molar-refractivity contribution >= 4 is 20.6 Å². The van der Waals surface area contributed by atoms with Crippen LogP contribution >= 0.6 is 0 Å². The maximum atomic E-state index is 13.0. The van der Waals surface area contributed by atoms with Crippen LogP contribution in [0, 0.1) is 0 Å². The van der Waals surface area contributed by atoms with Crippen molar-refractivity contribution in [2.75, 3.05) is 6.26 Å². The van der Waals surface area contributed by atoms with E-state index in [1.54, 1.807) is 48.5 Å². The molecule has 0 fully saturated rings. The van der Waals surface area contributed by atoms with Gasteiger partial charge in [0.25, 0.3) is 5.56 Å². The predicted octanol–water partition coefficient (Wildman–Crippen LogP) is 2.37. The number of para-hydroxylation sites is 1. The van der Waals surface area contributed by atoms with E-state index >= 15 is 0 Å². The van der Waals surface area contributed by atoms with Gasteiger partial charge in [0.1, 0.15) is 6.10 Å². The molecule has 24 heavy (non-hydrogen) atoms. The fourth-order valence-corrected chi connectivity index (χ4v) is 3.59. The van der Waals surface area contributed by atoms with Crippen LogP contribution in [-0.4, -0.2) is 25.2 Å². The third-order valence-corrected chi connectivity index (χ3v) is 5.19. The maximum Gasteiger partial charge on any atom is 0.282 e. The summed E-state index contributed by atoms with van der Waals surface area (Å²) in [4.78, 5) is 17.6. The molecule has 0 aliphatic carbocycles. The van der Waals surface area contributed by atoms with E-state index < -0.39 is 21.4 Å². The second kappa shape index (κ2) is 6.18. The smallest absolute Gasteiger partial charge is 0.282 e. The maximum absolute atomic E-state index is 13.0. The van der Waals surface area contributed by atoms with E-state index in [2.05, 4.69) is 9.46 Å². The third-order valence-electron chi connectivity index (χ3n) is 3.57. The van der Waals surface area contributed by atoms with E-state index in [4.69, 9.17) is 0 Å². The highest BCUT2D eigenvalue weighted by Gasteiger charge is 2.16. The lowest BCUT2D eigenvalue weighted by Gasteiger charge is -2.12. The van der Waals surface area contributed by atoms with Gasteiger partial charge in [-0.3, -0.25) is 4.79 Å². The van der Waals surface area contributed by atoms with Crippen LogP contribution in [0.4, 0.5) is 0 Å². The van der Waals surface area contributed by atoms with Crippen LogP contribution in [0.15, 0.2) is 68.8 Å². The quantitative estimate of drug-likeness (QED) is 0.791. The van der Waals surface area contributed by atoms with Crippen molar-refractivity contribution in [2.45, 2.75) is 17.9 Å². The number of aromatic nitrogens is 2. The lowest BCUT2D eigenvalue weighted by Crippen LogP contribution is -2.24. The Kier molecular flexibility index (Phi) is 4.21. The first kappa shape index (κ1) is 16.4. The van der Waals surface area contributed by atoms with E-state index in [1.807, 2.05) is 6.07 Å². The minimum Gasteiger partial charge on any atom is -0.385 e. The molecule has 0 radical (unpaired) electrons. The molecule has 124 valence electrons. The summed E-state index contributed by atoms with van der Waals surface area (Å²) in [6, 6.07) is 15.5. The number of aliphatic hydroxyl groups excluding tert-OH is 1. The molecule has 1 aromatic heterocycles. The first-order valence-electron chi connectivity index (χ1n) is 7.37. The van der Waals surface area contributed by atoms with Crippen LogP contribution < -0.4 is 5.56 Å². The minimum atomic E-state index is -2.87. The average molecular weight is 343 g/mol. The molecule has 1 heterocycles. The number of hydrogen-bond acceptors (Lipinski definition) is 5. The topological polar surface area (TPSA) is 84.6 Å². The molecule has 6 nitrogen and oxygen atoms in total. The molecular weight excluding hydrogens is 326 g/mol. The molecule has 0 aliphatic heterocycles. The summed E-state index contributed by atoms with van der Waals surface area (Å²) < 4.78 is 18.1. The Morgan fingerprint density at radius 1 is 1.12 bits per heavy atom. The lowest BCUT2D eigenvalue weighted by atomic mass is 10.2. The van der Waals surface area contributed by atoms with Gasteiger partial charge >= 0.3 is 0 Å². The number of rotatable bonds is 3. The number of hydrogen-bond donors (Lipinski definition) is 1. The van der Waals surface area contributed by atoms with Gasteiger partial charge in [-0.25, -0.2) is 9.19 Å². The fourth-order valence-electron chi connectivity index (χ4n) is 2.37. The van der Waals surface area contributed by atoms with Crippen molar-refractivity contribution in [2.24, 2.45) is 4.47 Å². The SMILES string of the molecule is C[C@H](O)c1nc2ccccc2c(=O)n1N=S(C)(=O)c1ccccc1. The van der Waals surface area contributed by atoms with Crippen molar-refractivity contribution in [1.82, 2.24) is 9.66 Å². The first-order chi connectivity index (χ1) is 11.4. The molecule has 2 aromatic carbocycles. The predicted molar refractivity (Wildman–Crippen MR) is 93.2 cm³/mol. The Hall–Kier alpha value is -2.51. The zero-order valence-electron chi connectivity index (χ0n) is 13.3. The molecule has 7 heteroatoms. The van der Waals surface area contributed by atoms with Crippen molar-refractivity contribution in [1.29, 1.82) is 0 Å². The van der Waals surface area contributed by atoms with Gasteiger partial charge in [0.15, 0.2) is 5.82 Å². The monoisotopic (exact) mass is 343 g/mol.